The van der Waals surface area contributed by atoms with Gasteiger partial charge in [0, 0.05) is 0 Å². The van der Waals surface area contributed by atoms with Crippen LogP contribution in [0.4, 0.5) is 0 Å². The fourth-order valence-corrected chi connectivity index (χ4v) is 3.84. The highest BCUT2D eigenvalue weighted by Crippen LogP contribution is 2.54. The molecule has 0 amide bonds. The van der Waals surface area contributed by atoms with Gasteiger partial charge >= 0.3 is 5.97 Å². The van der Waals surface area contributed by atoms with Crippen LogP contribution in [-0.4, -0.2) is 21.4 Å². The Bertz CT molecular complexity index is 522. The van der Waals surface area contributed by atoms with Gasteiger partial charge in [0.25, 0.3) is 0 Å². The zero-order valence-electron chi connectivity index (χ0n) is 13.9. The molecule has 0 radical (unpaired) electrons. The van der Waals surface area contributed by atoms with E-state index < -0.39 is 8.32 Å². The van der Waals surface area contributed by atoms with E-state index in [9.17, 15) is 4.79 Å². The summed E-state index contributed by atoms with van der Waals surface area (Å²) in [6, 6.07) is 7.67. The molecular formula is C17H26O3Si. The van der Waals surface area contributed by atoms with Gasteiger partial charge in [-0.3, -0.25) is 0 Å². The number of hydrogen-bond donors (Lipinski definition) is 0. The first-order chi connectivity index (χ1) is 9.61. The molecule has 0 aromatic heterocycles. The van der Waals surface area contributed by atoms with Crippen LogP contribution >= 0.6 is 0 Å². The minimum atomic E-state index is -1.79. The summed E-state index contributed by atoms with van der Waals surface area (Å²) >= 11 is 0. The van der Waals surface area contributed by atoms with Crippen LogP contribution in [0.3, 0.4) is 0 Å². The predicted molar refractivity (Wildman–Crippen MR) is 87.0 cm³/mol. The quantitative estimate of drug-likeness (QED) is 0.607. The van der Waals surface area contributed by atoms with Crippen molar-refractivity contribution in [3.63, 3.8) is 0 Å². The summed E-state index contributed by atoms with van der Waals surface area (Å²) in [4.78, 5) is 11.5. The monoisotopic (exact) mass is 306 g/mol. The molecule has 1 aliphatic carbocycles. The molecule has 1 aliphatic rings. The summed E-state index contributed by atoms with van der Waals surface area (Å²) in [6.45, 7) is 11.4. The van der Waals surface area contributed by atoms with Gasteiger partial charge in [0.15, 0.2) is 8.32 Å². The molecule has 0 saturated heterocycles. The Morgan fingerprint density at radius 1 is 1.14 bits per heavy atom. The second-order valence-corrected chi connectivity index (χ2v) is 12.2. The minimum Gasteiger partial charge on any atom is -0.465 e. The summed E-state index contributed by atoms with van der Waals surface area (Å²) in [5.41, 5.74) is 1.64. The van der Waals surface area contributed by atoms with Crippen LogP contribution in [-0.2, 0) is 14.8 Å². The minimum absolute atomic E-state index is 0.127. The largest absolute Gasteiger partial charge is 0.465 e. The number of esters is 1. The summed E-state index contributed by atoms with van der Waals surface area (Å²) in [7, 11) is -0.393. The Balaban J connectivity index is 2.20. The van der Waals surface area contributed by atoms with Crippen LogP contribution in [0.15, 0.2) is 24.3 Å². The van der Waals surface area contributed by atoms with Gasteiger partial charge < -0.3 is 9.16 Å². The highest BCUT2D eigenvalue weighted by Gasteiger charge is 2.52. The molecule has 1 aromatic carbocycles. The molecule has 1 fully saturated rings. The van der Waals surface area contributed by atoms with E-state index in [0.717, 1.165) is 12.8 Å². The topological polar surface area (TPSA) is 35.5 Å². The normalized spacial score (nSPS) is 17.4. The molecule has 1 aromatic rings. The number of methoxy groups -OCH3 is 1. The maximum absolute atomic E-state index is 11.5. The Hall–Kier alpha value is -1.13. The number of rotatable bonds is 4. The van der Waals surface area contributed by atoms with Gasteiger partial charge in [-0.15, -0.1) is 0 Å². The molecule has 0 N–H and O–H groups in total. The molecule has 2 rings (SSSR count). The van der Waals surface area contributed by atoms with Crippen molar-refractivity contribution in [2.75, 3.05) is 7.11 Å². The van der Waals surface area contributed by atoms with E-state index in [1.807, 2.05) is 24.3 Å². The Morgan fingerprint density at radius 3 is 2.05 bits per heavy atom. The summed E-state index contributed by atoms with van der Waals surface area (Å²) in [6.07, 6.45) is 2.13. The van der Waals surface area contributed by atoms with Crippen LogP contribution in [0.2, 0.25) is 18.1 Å². The van der Waals surface area contributed by atoms with Crippen molar-refractivity contribution in [2.24, 2.45) is 0 Å². The van der Waals surface area contributed by atoms with Gasteiger partial charge in [0.1, 0.15) is 0 Å². The lowest BCUT2D eigenvalue weighted by Crippen LogP contribution is -2.44. The standard InChI is InChI=1S/C17H26O3Si/c1-16(2,3)21(5,6)20-17(11-12-17)14-9-7-13(8-10-14)15(18)19-4/h7-10H,11-12H2,1-6H3. The Morgan fingerprint density at radius 2 is 1.67 bits per heavy atom. The lowest BCUT2D eigenvalue weighted by atomic mass is 10.1. The molecule has 21 heavy (non-hydrogen) atoms. The summed E-state index contributed by atoms with van der Waals surface area (Å²) in [5, 5.41) is 0.203. The first-order valence-electron chi connectivity index (χ1n) is 7.50. The molecular weight excluding hydrogens is 280 g/mol. The fourth-order valence-electron chi connectivity index (χ4n) is 2.23. The zero-order valence-corrected chi connectivity index (χ0v) is 14.9. The Labute approximate surface area is 128 Å². The number of ether oxygens (including phenoxy) is 1. The van der Waals surface area contributed by atoms with Crippen molar-refractivity contribution in [1.82, 2.24) is 0 Å². The molecule has 0 bridgehead atoms. The fraction of sp³-hybridized carbons (Fsp3) is 0.588. The summed E-state index contributed by atoms with van der Waals surface area (Å²) in [5.74, 6) is -0.295. The van der Waals surface area contributed by atoms with E-state index in [0.29, 0.717) is 5.56 Å². The van der Waals surface area contributed by atoms with Crippen LogP contribution in [0, 0.1) is 0 Å². The van der Waals surface area contributed by atoms with E-state index >= 15 is 0 Å². The third kappa shape index (κ3) is 3.21. The average molecular weight is 306 g/mol. The summed E-state index contributed by atoms with van der Waals surface area (Å²) < 4.78 is 11.4. The van der Waals surface area contributed by atoms with Crippen molar-refractivity contribution in [3.05, 3.63) is 35.4 Å². The number of benzene rings is 1. The first-order valence-corrected chi connectivity index (χ1v) is 10.4. The molecule has 0 heterocycles. The van der Waals surface area contributed by atoms with Crippen LogP contribution in [0.1, 0.15) is 49.5 Å². The third-order valence-electron chi connectivity index (χ3n) is 4.79. The van der Waals surface area contributed by atoms with E-state index in [1.165, 1.54) is 12.7 Å². The number of carbonyl (C=O) groups is 1. The molecule has 0 unspecified atom stereocenters. The molecule has 4 heteroatoms. The Kier molecular flexibility index (Phi) is 4.06. The van der Waals surface area contributed by atoms with Gasteiger partial charge in [-0.25, -0.2) is 4.79 Å². The molecule has 116 valence electrons. The van der Waals surface area contributed by atoms with E-state index in [1.54, 1.807) is 0 Å². The van der Waals surface area contributed by atoms with Crippen molar-refractivity contribution in [1.29, 1.82) is 0 Å². The van der Waals surface area contributed by atoms with Crippen LogP contribution < -0.4 is 0 Å². The van der Waals surface area contributed by atoms with Gasteiger partial charge in [0.05, 0.1) is 18.3 Å². The molecule has 0 aliphatic heterocycles. The zero-order chi connectivity index (χ0) is 15.9. The second kappa shape index (κ2) is 5.25. The lowest BCUT2D eigenvalue weighted by molar-refractivity contribution is 0.0600. The van der Waals surface area contributed by atoms with Gasteiger partial charge in [-0.1, -0.05) is 32.9 Å². The first kappa shape index (κ1) is 16.2. The van der Waals surface area contributed by atoms with Crippen LogP contribution in [0.25, 0.3) is 0 Å². The molecule has 1 saturated carbocycles. The van der Waals surface area contributed by atoms with E-state index in [2.05, 4.69) is 33.9 Å². The van der Waals surface area contributed by atoms with Crippen molar-refractivity contribution >= 4 is 14.3 Å². The predicted octanol–water partition coefficient (Wildman–Crippen LogP) is 4.48. The molecule has 0 spiro atoms. The second-order valence-electron chi connectivity index (χ2n) is 7.43. The maximum atomic E-state index is 11.5. The van der Waals surface area contributed by atoms with E-state index in [-0.39, 0.29) is 16.6 Å². The number of carbonyl (C=O) groups excluding carboxylic acids is 1. The molecule has 0 atom stereocenters. The van der Waals surface area contributed by atoms with Crippen molar-refractivity contribution in [2.45, 2.75) is 57.3 Å². The highest BCUT2D eigenvalue weighted by molar-refractivity contribution is 6.74. The van der Waals surface area contributed by atoms with Gasteiger partial charge in [-0.2, -0.15) is 0 Å². The van der Waals surface area contributed by atoms with Crippen molar-refractivity contribution in [3.8, 4) is 0 Å². The van der Waals surface area contributed by atoms with Gasteiger partial charge in [-0.05, 0) is 48.7 Å². The van der Waals surface area contributed by atoms with Crippen LogP contribution in [0.5, 0.6) is 0 Å². The SMILES string of the molecule is COC(=O)c1ccc(C2(O[Si](C)(C)C(C)(C)C)CC2)cc1. The van der Waals surface area contributed by atoms with E-state index in [4.69, 9.17) is 9.16 Å². The number of hydrogen-bond acceptors (Lipinski definition) is 3. The third-order valence-corrected chi connectivity index (χ3v) is 9.31. The smallest absolute Gasteiger partial charge is 0.337 e. The highest BCUT2D eigenvalue weighted by atomic mass is 28.4. The maximum Gasteiger partial charge on any atom is 0.337 e. The average Bonchev–Trinajstić information content (AvgIpc) is 3.17. The van der Waals surface area contributed by atoms with Gasteiger partial charge in [0.2, 0.25) is 0 Å². The molecule has 3 nitrogen and oxygen atoms in total. The van der Waals surface area contributed by atoms with Crippen molar-refractivity contribution < 1.29 is 14.0 Å². The lowest BCUT2D eigenvalue weighted by Gasteiger charge is -2.39.